The summed E-state index contributed by atoms with van der Waals surface area (Å²) in [6.45, 7) is 5.49. The first kappa shape index (κ1) is 9.71. The molecular weight excluding hydrogens is 174 g/mol. The molecule has 1 heterocycles. The third kappa shape index (κ3) is 1.82. The van der Waals surface area contributed by atoms with E-state index in [9.17, 15) is 0 Å². The van der Waals surface area contributed by atoms with Gasteiger partial charge in [0.1, 0.15) is 0 Å². The molecule has 14 heavy (non-hydrogen) atoms. The van der Waals surface area contributed by atoms with E-state index < -0.39 is 0 Å². The Balaban J connectivity index is 2.10. The SMILES string of the molecule is CCNC(c1ccn(C)n1)C1CC1C. The quantitative estimate of drug-likeness (QED) is 0.789. The Hall–Kier alpha value is -0.830. The van der Waals surface area contributed by atoms with Gasteiger partial charge in [-0.3, -0.25) is 4.68 Å². The molecule has 0 spiro atoms. The smallest absolute Gasteiger partial charge is 0.0796 e. The molecule has 0 aliphatic heterocycles. The maximum Gasteiger partial charge on any atom is 0.0796 e. The van der Waals surface area contributed by atoms with Crippen molar-refractivity contribution in [3.63, 3.8) is 0 Å². The van der Waals surface area contributed by atoms with Crippen molar-refractivity contribution in [2.24, 2.45) is 18.9 Å². The summed E-state index contributed by atoms with van der Waals surface area (Å²) in [4.78, 5) is 0. The summed E-state index contributed by atoms with van der Waals surface area (Å²) in [5.41, 5.74) is 1.20. The summed E-state index contributed by atoms with van der Waals surface area (Å²) < 4.78 is 1.88. The van der Waals surface area contributed by atoms with Gasteiger partial charge in [0.15, 0.2) is 0 Å². The van der Waals surface area contributed by atoms with Crippen LogP contribution >= 0.6 is 0 Å². The highest BCUT2D eigenvalue weighted by Gasteiger charge is 2.40. The highest BCUT2D eigenvalue weighted by atomic mass is 15.3. The molecule has 0 radical (unpaired) electrons. The topological polar surface area (TPSA) is 29.9 Å². The van der Waals surface area contributed by atoms with Gasteiger partial charge in [0.25, 0.3) is 0 Å². The molecule has 2 rings (SSSR count). The van der Waals surface area contributed by atoms with Crippen molar-refractivity contribution in [2.45, 2.75) is 26.3 Å². The molecule has 1 aromatic heterocycles. The molecule has 1 aliphatic rings. The minimum Gasteiger partial charge on any atom is -0.309 e. The predicted octanol–water partition coefficient (Wildman–Crippen LogP) is 1.73. The summed E-state index contributed by atoms with van der Waals surface area (Å²) in [5, 5.41) is 8.01. The number of hydrogen-bond acceptors (Lipinski definition) is 2. The van der Waals surface area contributed by atoms with Crippen molar-refractivity contribution in [1.29, 1.82) is 0 Å². The fourth-order valence-corrected chi connectivity index (χ4v) is 2.11. The van der Waals surface area contributed by atoms with Crippen LogP contribution in [0.2, 0.25) is 0 Å². The second-order valence-corrected chi connectivity index (χ2v) is 4.33. The zero-order valence-electron chi connectivity index (χ0n) is 9.20. The van der Waals surface area contributed by atoms with Crippen LogP contribution in [0.4, 0.5) is 0 Å². The van der Waals surface area contributed by atoms with Crippen LogP contribution in [-0.2, 0) is 7.05 Å². The van der Waals surface area contributed by atoms with E-state index in [0.29, 0.717) is 6.04 Å². The van der Waals surface area contributed by atoms with E-state index in [1.165, 1.54) is 12.1 Å². The molecule has 1 saturated carbocycles. The number of nitrogens with zero attached hydrogens (tertiary/aromatic N) is 2. The Morgan fingerprint density at radius 3 is 2.86 bits per heavy atom. The molecule has 3 atom stereocenters. The average molecular weight is 193 g/mol. The summed E-state index contributed by atoms with van der Waals surface area (Å²) in [6, 6.07) is 2.59. The van der Waals surface area contributed by atoms with E-state index in [0.717, 1.165) is 18.4 Å². The second kappa shape index (κ2) is 3.73. The molecular formula is C11H19N3. The summed E-state index contributed by atoms with van der Waals surface area (Å²) in [7, 11) is 1.98. The van der Waals surface area contributed by atoms with Crippen LogP contribution < -0.4 is 5.32 Å². The van der Waals surface area contributed by atoms with Crippen LogP contribution in [0.15, 0.2) is 12.3 Å². The van der Waals surface area contributed by atoms with E-state index in [-0.39, 0.29) is 0 Å². The number of aromatic nitrogens is 2. The van der Waals surface area contributed by atoms with Gasteiger partial charge in [-0.1, -0.05) is 13.8 Å². The van der Waals surface area contributed by atoms with E-state index >= 15 is 0 Å². The lowest BCUT2D eigenvalue weighted by molar-refractivity contribution is 0.460. The van der Waals surface area contributed by atoms with Gasteiger partial charge < -0.3 is 5.32 Å². The lowest BCUT2D eigenvalue weighted by Gasteiger charge is -2.14. The lowest BCUT2D eigenvalue weighted by atomic mass is 10.1. The molecule has 0 saturated heterocycles. The molecule has 3 heteroatoms. The first-order valence-electron chi connectivity index (χ1n) is 5.45. The largest absolute Gasteiger partial charge is 0.309 e. The molecule has 3 nitrogen and oxygen atoms in total. The Bertz CT molecular complexity index is 305. The predicted molar refractivity (Wildman–Crippen MR) is 56.9 cm³/mol. The van der Waals surface area contributed by atoms with Crippen LogP contribution in [-0.4, -0.2) is 16.3 Å². The molecule has 3 unspecified atom stereocenters. The highest BCUT2D eigenvalue weighted by molar-refractivity contribution is 5.11. The Morgan fingerprint density at radius 1 is 1.71 bits per heavy atom. The molecule has 1 fully saturated rings. The van der Waals surface area contributed by atoms with E-state index in [1.54, 1.807) is 0 Å². The van der Waals surface area contributed by atoms with Crippen LogP contribution in [0.25, 0.3) is 0 Å². The summed E-state index contributed by atoms with van der Waals surface area (Å²) in [6.07, 6.45) is 3.36. The van der Waals surface area contributed by atoms with Crippen molar-refractivity contribution in [1.82, 2.24) is 15.1 Å². The number of nitrogens with one attached hydrogen (secondary N) is 1. The lowest BCUT2D eigenvalue weighted by Crippen LogP contribution is -2.23. The molecule has 0 amide bonds. The highest BCUT2D eigenvalue weighted by Crippen LogP contribution is 2.46. The van der Waals surface area contributed by atoms with E-state index in [1.807, 2.05) is 17.9 Å². The van der Waals surface area contributed by atoms with Crippen molar-refractivity contribution in [2.75, 3.05) is 6.54 Å². The second-order valence-electron chi connectivity index (χ2n) is 4.33. The standard InChI is InChI=1S/C11H19N3/c1-4-12-11(9-7-8(9)2)10-5-6-14(3)13-10/h5-6,8-9,11-12H,4,7H2,1-3H3. The average Bonchev–Trinajstić information content (AvgIpc) is 2.69. The van der Waals surface area contributed by atoms with Gasteiger partial charge in [0.2, 0.25) is 0 Å². The van der Waals surface area contributed by atoms with Crippen molar-refractivity contribution in [3.8, 4) is 0 Å². The number of aryl methyl sites for hydroxylation is 1. The van der Waals surface area contributed by atoms with Crippen molar-refractivity contribution < 1.29 is 0 Å². The molecule has 78 valence electrons. The van der Waals surface area contributed by atoms with Crippen LogP contribution in [0.1, 0.15) is 32.0 Å². The van der Waals surface area contributed by atoms with Gasteiger partial charge in [-0.15, -0.1) is 0 Å². The van der Waals surface area contributed by atoms with Gasteiger partial charge in [-0.25, -0.2) is 0 Å². The third-order valence-electron chi connectivity index (χ3n) is 3.08. The fourth-order valence-electron chi connectivity index (χ4n) is 2.11. The number of rotatable bonds is 4. The van der Waals surface area contributed by atoms with Gasteiger partial charge >= 0.3 is 0 Å². The van der Waals surface area contributed by atoms with Crippen molar-refractivity contribution in [3.05, 3.63) is 18.0 Å². The Labute approximate surface area is 85.5 Å². The minimum atomic E-state index is 0.469. The van der Waals surface area contributed by atoms with Crippen LogP contribution in [0, 0.1) is 11.8 Å². The zero-order chi connectivity index (χ0) is 10.1. The van der Waals surface area contributed by atoms with Gasteiger partial charge in [-0.2, -0.15) is 5.10 Å². The molecule has 1 aliphatic carbocycles. The van der Waals surface area contributed by atoms with Crippen LogP contribution in [0.5, 0.6) is 0 Å². The molecule has 0 aromatic carbocycles. The van der Waals surface area contributed by atoms with Gasteiger partial charge in [0, 0.05) is 13.2 Å². The van der Waals surface area contributed by atoms with E-state index in [4.69, 9.17) is 0 Å². The van der Waals surface area contributed by atoms with Gasteiger partial charge in [-0.05, 0) is 30.9 Å². The van der Waals surface area contributed by atoms with E-state index in [2.05, 4.69) is 30.3 Å². The molecule has 1 N–H and O–H groups in total. The fraction of sp³-hybridized carbons (Fsp3) is 0.727. The normalized spacial score (nSPS) is 27.6. The van der Waals surface area contributed by atoms with Crippen molar-refractivity contribution >= 4 is 0 Å². The molecule has 0 bridgehead atoms. The monoisotopic (exact) mass is 193 g/mol. The number of hydrogen-bond donors (Lipinski definition) is 1. The maximum absolute atomic E-state index is 4.48. The first-order valence-corrected chi connectivity index (χ1v) is 5.45. The summed E-state index contributed by atoms with van der Waals surface area (Å²) >= 11 is 0. The zero-order valence-corrected chi connectivity index (χ0v) is 9.20. The first-order chi connectivity index (χ1) is 6.72. The van der Waals surface area contributed by atoms with Gasteiger partial charge in [0.05, 0.1) is 11.7 Å². The Kier molecular flexibility index (Phi) is 2.59. The summed E-state index contributed by atoms with van der Waals surface area (Å²) in [5.74, 6) is 1.66. The maximum atomic E-state index is 4.48. The van der Waals surface area contributed by atoms with Crippen LogP contribution in [0.3, 0.4) is 0 Å². The Morgan fingerprint density at radius 2 is 2.43 bits per heavy atom. The molecule has 1 aromatic rings. The third-order valence-corrected chi connectivity index (χ3v) is 3.08. The minimum absolute atomic E-state index is 0.469.